The molecule has 19 heavy (non-hydrogen) atoms. The highest BCUT2D eigenvalue weighted by Crippen LogP contribution is 2.41. The van der Waals surface area contributed by atoms with Crippen LogP contribution in [-0.4, -0.2) is 10.3 Å². The van der Waals surface area contributed by atoms with Gasteiger partial charge in [-0.05, 0) is 35.2 Å². The molecule has 0 heterocycles. The van der Waals surface area contributed by atoms with Gasteiger partial charge in [-0.3, -0.25) is 0 Å². The van der Waals surface area contributed by atoms with E-state index in [-0.39, 0.29) is 16.0 Å². The second-order valence-electron chi connectivity index (χ2n) is 6.79. The largest absolute Gasteiger partial charge is 0.507 e. The molecule has 1 aromatic rings. The molecule has 0 unspecified atom stereocenters. The molecule has 0 amide bonds. The van der Waals surface area contributed by atoms with Gasteiger partial charge in [0.1, 0.15) is 11.5 Å². The van der Waals surface area contributed by atoms with Crippen molar-refractivity contribution in [3.05, 3.63) is 23.3 Å². The monoisotopic (exact) mass is 281 g/mol. The van der Waals surface area contributed by atoms with Crippen molar-refractivity contribution in [2.75, 3.05) is 0 Å². The summed E-state index contributed by atoms with van der Waals surface area (Å²) in [4.78, 5) is 0. The maximum absolute atomic E-state index is 10.5. The standard InChI is InChI=1S/C15H23NO2S/c1-14(2,3)10-7-9(18-13(16)19)8-11(12(10)17)15(4,5)6/h7-8,17H,1-6H3,(H2,16,19). The van der Waals surface area contributed by atoms with Gasteiger partial charge in [0, 0.05) is 11.1 Å². The number of rotatable bonds is 1. The molecule has 0 saturated carbocycles. The molecule has 106 valence electrons. The molecule has 0 radical (unpaired) electrons. The summed E-state index contributed by atoms with van der Waals surface area (Å²) in [5.74, 6) is 0.885. The van der Waals surface area contributed by atoms with E-state index in [0.29, 0.717) is 11.5 Å². The van der Waals surface area contributed by atoms with Gasteiger partial charge in [0.15, 0.2) is 0 Å². The number of nitrogens with two attached hydrogens (primary N) is 1. The Hall–Kier alpha value is -1.29. The predicted octanol–water partition coefficient (Wildman–Crippen LogP) is 3.61. The van der Waals surface area contributed by atoms with Gasteiger partial charge in [-0.1, -0.05) is 41.5 Å². The van der Waals surface area contributed by atoms with Crippen molar-refractivity contribution in [2.45, 2.75) is 52.4 Å². The second-order valence-corrected chi connectivity index (χ2v) is 7.19. The summed E-state index contributed by atoms with van der Waals surface area (Å²) >= 11 is 4.78. The SMILES string of the molecule is CC(C)(C)c1cc(OC(N)=S)cc(C(C)(C)C)c1O. The lowest BCUT2D eigenvalue weighted by Crippen LogP contribution is -2.20. The first-order chi connectivity index (χ1) is 8.43. The van der Waals surface area contributed by atoms with E-state index in [1.807, 2.05) is 41.5 Å². The minimum Gasteiger partial charge on any atom is -0.507 e. The molecule has 0 aromatic heterocycles. The Balaban J connectivity index is 3.52. The van der Waals surface area contributed by atoms with Crippen LogP contribution in [0.1, 0.15) is 52.7 Å². The maximum Gasteiger partial charge on any atom is 0.259 e. The fourth-order valence-corrected chi connectivity index (χ4v) is 2.02. The smallest absolute Gasteiger partial charge is 0.259 e. The lowest BCUT2D eigenvalue weighted by molar-refractivity contribution is 0.419. The van der Waals surface area contributed by atoms with Crippen LogP contribution in [0.25, 0.3) is 0 Å². The number of benzene rings is 1. The molecule has 0 fully saturated rings. The lowest BCUT2D eigenvalue weighted by atomic mass is 9.79. The summed E-state index contributed by atoms with van der Waals surface area (Å²) < 4.78 is 5.34. The molecule has 3 nitrogen and oxygen atoms in total. The molecule has 0 aliphatic carbocycles. The maximum atomic E-state index is 10.5. The number of hydrogen-bond acceptors (Lipinski definition) is 3. The highest BCUT2D eigenvalue weighted by molar-refractivity contribution is 7.80. The quantitative estimate of drug-likeness (QED) is 0.772. The van der Waals surface area contributed by atoms with Crippen LogP contribution in [-0.2, 0) is 10.8 Å². The van der Waals surface area contributed by atoms with Crippen LogP contribution >= 0.6 is 12.2 Å². The van der Waals surface area contributed by atoms with E-state index in [9.17, 15) is 5.11 Å². The Morgan fingerprint density at radius 3 is 1.68 bits per heavy atom. The van der Waals surface area contributed by atoms with Gasteiger partial charge in [-0.2, -0.15) is 0 Å². The lowest BCUT2D eigenvalue weighted by Gasteiger charge is -2.27. The molecule has 4 heteroatoms. The van der Waals surface area contributed by atoms with Gasteiger partial charge in [0.05, 0.1) is 0 Å². The van der Waals surface area contributed by atoms with Crippen LogP contribution in [0.15, 0.2) is 12.1 Å². The first-order valence-corrected chi connectivity index (χ1v) is 6.69. The van der Waals surface area contributed by atoms with Gasteiger partial charge in [0.2, 0.25) is 0 Å². The molecular weight excluding hydrogens is 258 g/mol. The zero-order valence-corrected chi connectivity index (χ0v) is 13.3. The van der Waals surface area contributed by atoms with Crippen molar-refractivity contribution in [1.82, 2.24) is 0 Å². The van der Waals surface area contributed by atoms with Crippen LogP contribution in [0.3, 0.4) is 0 Å². The van der Waals surface area contributed by atoms with Crippen LogP contribution in [0, 0.1) is 0 Å². The van der Waals surface area contributed by atoms with Crippen molar-refractivity contribution in [3.8, 4) is 11.5 Å². The van der Waals surface area contributed by atoms with Crippen LogP contribution in [0.2, 0.25) is 0 Å². The molecular formula is C15H23NO2S. The number of aromatic hydroxyl groups is 1. The van der Waals surface area contributed by atoms with E-state index in [1.54, 1.807) is 12.1 Å². The Morgan fingerprint density at radius 1 is 1.05 bits per heavy atom. The summed E-state index contributed by atoms with van der Waals surface area (Å²) in [7, 11) is 0. The molecule has 3 N–H and O–H groups in total. The zero-order valence-electron chi connectivity index (χ0n) is 12.5. The predicted molar refractivity (Wildman–Crippen MR) is 82.9 cm³/mol. The minimum absolute atomic E-state index is 0.0228. The Bertz CT molecular complexity index is 461. The highest BCUT2D eigenvalue weighted by Gasteiger charge is 2.27. The number of hydrogen-bond donors (Lipinski definition) is 2. The van der Waals surface area contributed by atoms with Gasteiger partial charge < -0.3 is 15.6 Å². The third-order valence-electron chi connectivity index (χ3n) is 2.92. The second kappa shape index (κ2) is 5.00. The number of ether oxygens (including phenoxy) is 1. The van der Waals surface area contributed by atoms with Gasteiger partial charge in [-0.15, -0.1) is 0 Å². The van der Waals surface area contributed by atoms with E-state index in [1.165, 1.54) is 0 Å². The van der Waals surface area contributed by atoms with Gasteiger partial charge in [0.25, 0.3) is 5.17 Å². The summed E-state index contributed by atoms with van der Waals surface area (Å²) in [6, 6.07) is 3.59. The average molecular weight is 281 g/mol. The van der Waals surface area contributed by atoms with E-state index >= 15 is 0 Å². The van der Waals surface area contributed by atoms with Crippen molar-refractivity contribution >= 4 is 17.4 Å². The van der Waals surface area contributed by atoms with Crippen LogP contribution < -0.4 is 10.5 Å². The van der Waals surface area contributed by atoms with E-state index in [4.69, 9.17) is 22.7 Å². The van der Waals surface area contributed by atoms with Crippen molar-refractivity contribution in [1.29, 1.82) is 0 Å². The molecule has 1 rings (SSSR count). The molecule has 0 aliphatic rings. The minimum atomic E-state index is -0.195. The highest BCUT2D eigenvalue weighted by atomic mass is 32.1. The van der Waals surface area contributed by atoms with E-state index in [2.05, 4.69) is 0 Å². The topological polar surface area (TPSA) is 55.5 Å². The molecule has 0 aliphatic heterocycles. The van der Waals surface area contributed by atoms with Crippen LogP contribution in [0.5, 0.6) is 11.5 Å². The summed E-state index contributed by atoms with van der Waals surface area (Å²) in [6.45, 7) is 12.2. The zero-order chi connectivity index (χ0) is 15.0. The van der Waals surface area contributed by atoms with Crippen LogP contribution in [0.4, 0.5) is 0 Å². The fraction of sp³-hybridized carbons (Fsp3) is 0.533. The summed E-state index contributed by atoms with van der Waals surface area (Å²) in [5.41, 5.74) is 6.69. The number of thiocarbonyl (C=S) groups is 1. The Morgan fingerprint density at radius 2 is 1.42 bits per heavy atom. The van der Waals surface area contributed by atoms with Crippen molar-refractivity contribution in [2.24, 2.45) is 5.73 Å². The Kier molecular flexibility index (Phi) is 4.15. The molecule has 0 bridgehead atoms. The number of phenolic OH excluding ortho intramolecular Hbond substituents is 1. The van der Waals surface area contributed by atoms with Gasteiger partial charge in [-0.25, -0.2) is 0 Å². The van der Waals surface area contributed by atoms with Gasteiger partial charge >= 0.3 is 0 Å². The fourth-order valence-electron chi connectivity index (χ4n) is 1.93. The average Bonchev–Trinajstić information content (AvgIpc) is 2.16. The van der Waals surface area contributed by atoms with Crippen molar-refractivity contribution < 1.29 is 9.84 Å². The van der Waals surface area contributed by atoms with Crippen molar-refractivity contribution in [3.63, 3.8) is 0 Å². The number of phenols is 1. The normalized spacial score (nSPS) is 12.3. The first-order valence-electron chi connectivity index (χ1n) is 6.28. The molecule has 0 spiro atoms. The molecule has 0 saturated heterocycles. The third kappa shape index (κ3) is 3.83. The van der Waals surface area contributed by atoms with E-state index in [0.717, 1.165) is 11.1 Å². The summed E-state index contributed by atoms with van der Waals surface area (Å²) in [6.07, 6.45) is 0. The molecule has 0 atom stereocenters. The molecule has 1 aromatic carbocycles. The first kappa shape index (κ1) is 15.8. The Labute approximate surface area is 120 Å². The third-order valence-corrected chi connectivity index (χ3v) is 3.00. The van der Waals surface area contributed by atoms with E-state index < -0.39 is 0 Å². The summed E-state index contributed by atoms with van der Waals surface area (Å²) in [5, 5.41) is 10.5.